The van der Waals surface area contributed by atoms with Crippen LogP contribution in [0.1, 0.15) is 17.3 Å². The lowest BCUT2D eigenvalue weighted by Gasteiger charge is -2.07. The lowest BCUT2D eigenvalue weighted by Crippen LogP contribution is -2.28. The third-order valence-electron chi connectivity index (χ3n) is 1.72. The maximum absolute atomic E-state index is 11.6. The highest BCUT2D eigenvalue weighted by molar-refractivity contribution is 9.10. The Kier molecular flexibility index (Phi) is 4.90. The van der Waals surface area contributed by atoms with Crippen molar-refractivity contribution in [2.75, 3.05) is 6.54 Å². The Bertz CT molecular complexity index is 368. The molecule has 0 bridgehead atoms. The number of halogens is 3. The Morgan fingerprint density at radius 2 is 2.27 bits per heavy atom. The quantitative estimate of drug-likeness (QED) is 0.851. The highest BCUT2D eigenvalue weighted by Crippen LogP contribution is 2.21. The van der Waals surface area contributed by atoms with E-state index in [0.29, 0.717) is 21.6 Å². The van der Waals surface area contributed by atoms with Gasteiger partial charge in [-0.1, -0.05) is 11.6 Å². The molecule has 1 N–H and O–H groups in total. The van der Waals surface area contributed by atoms with Gasteiger partial charge in [-0.25, -0.2) is 0 Å². The predicted octanol–water partition coefficient (Wildman–Crippen LogP) is 3.46. The molecule has 15 heavy (non-hydrogen) atoms. The Morgan fingerprint density at radius 1 is 1.60 bits per heavy atom. The molecule has 1 aromatic carbocycles. The minimum Gasteiger partial charge on any atom is -0.351 e. The molecule has 5 heteroatoms. The van der Waals surface area contributed by atoms with Crippen LogP contribution in [-0.4, -0.2) is 17.8 Å². The van der Waals surface area contributed by atoms with Crippen LogP contribution in [0, 0.1) is 0 Å². The standard InChI is InChI=1S/C10H10BrCl2NO/c1-6(12)5-14-10(15)8-3-2-7(13)4-9(8)11/h2-4,6H,5H2,1H3,(H,14,15). The largest absolute Gasteiger partial charge is 0.351 e. The van der Waals surface area contributed by atoms with Crippen molar-refractivity contribution in [3.05, 3.63) is 33.3 Å². The van der Waals surface area contributed by atoms with E-state index in [1.54, 1.807) is 18.2 Å². The summed E-state index contributed by atoms with van der Waals surface area (Å²) in [6.45, 7) is 2.26. The second-order valence-electron chi connectivity index (χ2n) is 3.11. The number of carbonyl (C=O) groups excluding carboxylic acids is 1. The smallest absolute Gasteiger partial charge is 0.252 e. The third kappa shape index (κ3) is 4.01. The molecule has 0 radical (unpaired) electrons. The first kappa shape index (κ1) is 12.8. The van der Waals surface area contributed by atoms with Crippen molar-refractivity contribution in [3.8, 4) is 0 Å². The van der Waals surface area contributed by atoms with Gasteiger partial charge in [0.2, 0.25) is 0 Å². The molecule has 0 spiro atoms. The maximum atomic E-state index is 11.6. The van der Waals surface area contributed by atoms with E-state index in [9.17, 15) is 4.79 Å². The molecule has 0 aliphatic rings. The zero-order valence-corrected chi connectivity index (χ0v) is 11.2. The van der Waals surface area contributed by atoms with E-state index in [-0.39, 0.29) is 11.3 Å². The number of hydrogen-bond donors (Lipinski definition) is 1. The fourth-order valence-electron chi connectivity index (χ4n) is 1.00. The number of carbonyl (C=O) groups is 1. The molecule has 0 saturated carbocycles. The summed E-state index contributed by atoms with van der Waals surface area (Å²) >= 11 is 14.8. The van der Waals surface area contributed by atoms with E-state index in [2.05, 4.69) is 21.2 Å². The van der Waals surface area contributed by atoms with Crippen LogP contribution < -0.4 is 5.32 Å². The molecule has 0 heterocycles. The Labute approximate surface area is 107 Å². The van der Waals surface area contributed by atoms with Crippen molar-refractivity contribution < 1.29 is 4.79 Å². The molecular weight excluding hydrogens is 301 g/mol. The van der Waals surface area contributed by atoms with Crippen molar-refractivity contribution in [1.82, 2.24) is 5.32 Å². The van der Waals surface area contributed by atoms with Crippen LogP contribution in [0.25, 0.3) is 0 Å². The number of benzene rings is 1. The number of alkyl halides is 1. The number of nitrogens with one attached hydrogen (secondary N) is 1. The van der Waals surface area contributed by atoms with Gasteiger partial charge in [0.15, 0.2) is 0 Å². The number of hydrogen-bond acceptors (Lipinski definition) is 1. The van der Waals surface area contributed by atoms with Gasteiger partial charge < -0.3 is 5.32 Å². The molecule has 1 unspecified atom stereocenters. The maximum Gasteiger partial charge on any atom is 0.252 e. The van der Waals surface area contributed by atoms with Crippen molar-refractivity contribution in [1.29, 1.82) is 0 Å². The highest BCUT2D eigenvalue weighted by atomic mass is 79.9. The summed E-state index contributed by atoms with van der Waals surface area (Å²) in [7, 11) is 0. The molecule has 1 amide bonds. The van der Waals surface area contributed by atoms with Gasteiger partial charge in [0.05, 0.1) is 5.56 Å². The summed E-state index contributed by atoms with van der Waals surface area (Å²) in [4.78, 5) is 11.6. The monoisotopic (exact) mass is 309 g/mol. The minimum atomic E-state index is -0.161. The second-order valence-corrected chi connectivity index (χ2v) is 5.15. The average molecular weight is 311 g/mol. The summed E-state index contributed by atoms with van der Waals surface area (Å²) in [5, 5.41) is 3.22. The summed E-state index contributed by atoms with van der Waals surface area (Å²) in [5.74, 6) is -0.161. The zero-order valence-electron chi connectivity index (χ0n) is 8.06. The molecule has 82 valence electrons. The van der Waals surface area contributed by atoms with Crippen LogP contribution in [0.4, 0.5) is 0 Å². The first-order chi connectivity index (χ1) is 7.00. The van der Waals surface area contributed by atoms with E-state index in [1.165, 1.54) is 0 Å². The summed E-state index contributed by atoms with van der Waals surface area (Å²) in [6, 6.07) is 5.02. The van der Waals surface area contributed by atoms with Crippen LogP contribution >= 0.6 is 39.1 Å². The lowest BCUT2D eigenvalue weighted by atomic mass is 10.2. The normalized spacial score (nSPS) is 12.3. The van der Waals surface area contributed by atoms with Crippen molar-refractivity contribution in [2.24, 2.45) is 0 Å². The Balaban J connectivity index is 2.74. The van der Waals surface area contributed by atoms with Crippen molar-refractivity contribution >= 4 is 45.0 Å². The second kappa shape index (κ2) is 5.73. The van der Waals surface area contributed by atoms with E-state index in [1.807, 2.05) is 6.92 Å². The molecule has 0 aliphatic heterocycles. The Morgan fingerprint density at radius 3 is 2.80 bits per heavy atom. The topological polar surface area (TPSA) is 29.1 Å². The third-order valence-corrected chi connectivity index (χ3v) is 2.77. The van der Waals surface area contributed by atoms with Gasteiger partial charge in [0, 0.05) is 21.4 Å². The van der Waals surface area contributed by atoms with E-state index >= 15 is 0 Å². The molecule has 0 saturated heterocycles. The first-order valence-corrected chi connectivity index (χ1v) is 5.98. The summed E-state index contributed by atoms with van der Waals surface area (Å²) in [6.07, 6.45) is 0. The van der Waals surface area contributed by atoms with Crippen LogP contribution in [0.3, 0.4) is 0 Å². The van der Waals surface area contributed by atoms with Gasteiger partial charge in [-0.15, -0.1) is 11.6 Å². The van der Waals surface area contributed by atoms with Crippen molar-refractivity contribution in [2.45, 2.75) is 12.3 Å². The highest BCUT2D eigenvalue weighted by Gasteiger charge is 2.10. The van der Waals surface area contributed by atoms with Gasteiger partial charge >= 0.3 is 0 Å². The first-order valence-electron chi connectivity index (χ1n) is 4.38. The van der Waals surface area contributed by atoms with Gasteiger partial charge in [-0.05, 0) is 41.1 Å². The molecule has 1 rings (SSSR count). The van der Waals surface area contributed by atoms with Crippen LogP contribution in [-0.2, 0) is 0 Å². The molecule has 0 aromatic heterocycles. The molecule has 0 fully saturated rings. The lowest BCUT2D eigenvalue weighted by molar-refractivity contribution is 0.0953. The van der Waals surface area contributed by atoms with Crippen LogP contribution in [0.5, 0.6) is 0 Å². The Hall–Kier alpha value is -0.250. The van der Waals surface area contributed by atoms with E-state index in [4.69, 9.17) is 23.2 Å². The van der Waals surface area contributed by atoms with Gasteiger partial charge in [0.25, 0.3) is 5.91 Å². The molecule has 1 atom stereocenters. The van der Waals surface area contributed by atoms with Crippen LogP contribution in [0.2, 0.25) is 5.02 Å². The molecule has 0 aliphatic carbocycles. The SMILES string of the molecule is CC(Cl)CNC(=O)c1ccc(Cl)cc1Br. The van der Waals surface area contributed by atoms with Crippen molar-refractivity contribution in [3.63, 3.8) is 0 Å². The zero-order chi connectivity index (χ0) is 11.4. The molecular formula is C10H10BrCl2NO. The average Bonchev–Trinajstić information content (AvgIpc) is 2.14. The summed E-state index contributed by atoms with van der Waals surface area (Å²) < 4.78 is 0.676. The van der Waals surface area contributed by atoms with E-state index in [0.717, 1.165) is 0 Å². The van der Waals surface area contributed by atoms with Crippen LogP contribution in [0.15, 0.2) is 22.7 Å². The van der Waals surface area contributed by atoms with Gasteiger partial charge in [0.1, 0.15) is 0 Å². The van der Waals surface area contributed by atoms with Gasteiger partial charge in [-0.2, -0.15) is 0 Å². The van der Waals surface area contributed by atoms with Gasteiger partial charge in [-0.3, -0.25) is 4.79 Å². The predicted molar refractivity (Wildman–Crippen MR) is 66.8 cm³/mol. The number of amides is 1. The number of rotatable bonds is 3. The fourth-order valence-corrected chi connectivity index (χ4v) is 1.94. The fraction of sp³-hybridized carbons (Fsp3) is 0.300. The molecule has 1 aromatic rings. The van der Waals surface area contributed by atoms with E-state index < -0.39 is 0 Å². The summed E-state index contributed by atoms with van der Waals surface area (Å²) in [5.41, 5.74) is 0.553. The molecule has 2 nitrogen and oxygen atoms in total. The minimum absolute atomic E-state index is 0.0833.